The second kappa shape index (κ2) is 26.8. The average molecular weight is 777 g/mol. The van der Waals surface area contributed by atoms with Gasteiger partial charge in [0.2, 0.25) is 5.91 Å². The number of carbonyl (C=O) groups is 4. The normalized spacial score (nSPS) is 24.6. The van der Waals surface area contributed by atoms with Gasteiger partial charge < -0.3 is 40.5 Å². The number of thioether (sulfide) groups is 2. The van der Waals surface area contributed by atoms with Crippen LogP contribution in [0.25, 0.3) is 0 Å². The third kappa shape index (κ3) is 18.2. The van der Waals surface area contributed by atoms with Gasteiger partial charge in [0, 0.05) is 69.3 Å². The molecule has 4 fully saturated rings. The predicted octanol–water partition coefficient (Wildman–Crippen LogP) is 4.83. The number of fused-ring (bicyclic) bond motifs is 2. The van der Waals surface area contributed by atoms with E-state index >= 15 is 0 Å². The van der Waals surface area contributed by atoms with Gasteiger partial charge in [-0.05, 0) is 44.4 Å². The summed E-state index contributed by atoms with van der Waals surface area (Å²) in [5.41, 5.74) is 0. The highest BCUT2D eigenvalue weighted by molar-refractivity contribution is 8.00. The van der Waals surface area contributed by atoms with Crippen LogP contribution >= 0.6 is 36.3 Å². The lowest BCUT2D eigenvalue weighted by Gasteiger charge is -2.20. The van der Waals surface area contributed by atoms with E-state index < -0.39 is 0 Å². The van der Waals surface area contributed by atoms with Gasteiger partial charge in [0.05, 0.1) is 30.8 Å². The molecule has 7 atom stereocenters. The highest BCUT2D eigenvalue weighted by Gasteiger charge is 2.43. The fourth-order valence-corrected chi connectivity index (χ4v) is 9.72. The third-order valence-electron chi connectivity index (χ3n) is 9.50. The van der Waals surface area contributed by atoms with Crippen molar-refractivity contribution in [2.75, 3.05) is 52.5 Å². The van der Waals surface area contributed by atoms with E-state index in [2.05, 4.69) is 62.0 Å². The molecule has 0 aliphatic carbocycles. The minimum atomic E-state index is -0.294. The summed E-state index contributed by atoms with van der Waals surface area (Å²) in [4.78, 5) is 54.5. The Morgan fingerprint density at radius 3 is 1.98 bits per heavy atom. The number of ether oxygens (including phenoxy) is 2. The van der Waals surface area contributed by atoms with Crippen LogP contribution in [0.1, 0.15) is 90.4 Å². The highest BCUT2D eigenvalue weighted by Crippen LogP contribution is 2.34. The van der Waals surface area contributed by atoms with Crippen LogP contribution in [0.3, 0.4) is 0 Å². The monoisotopic (exact) mass is 776 g/mol. The second-order valence-electron chi connectivity index (χ2n) is 13.6. The number of thiol groups is 1. The molecule has 294 valence electrons. The second-order valence-corrected chi connectivity index (χ2v) is 16.3. The number of nitrogens with zero attached hydrogens (tertiary/aromatic N) is 1. The average Bonchev–Trinajstić information content (AvgIpc) is 3.87. The summed E-state index contributed by atoms with van der Waals surface area (Å²) in [6.07, 6.45) is 14.5. The SMILES string of the molecule is C=CCOC.COCCCCCC(C)CCN(C)C(=O)CCCCC1SCC2NC(=O)NC21.O=C1NC2CSC(CCCCC(=O)ONS)C2N1. The Morgan fingerprint density at radius 1 is 0.882 bits per heavy atom. The first-order valence-corrected chi connectivity index (χ1v) is 21.0. The summed E-state index contributed by atoms with van der Waals surface area (Å²) in [6, 6.07) is 0.989. The Hall–Kier alpha value is -1.85. The van der Waals surface area contributed by atoms with E-state index in [1.807, 2.05) is 35.5 Å². The van der Waals surface area contributed by atoms with Crippen LogP contribution in [0, 0.1) is 5.92 Å². The molecule has 0 aromatic rings. The topological polar surface area (TPSA) is 159 Å². The van der Waals surface area contributed by atoms with Crippen LogP contribution < -0.4 is 26.2 Å². The molecular formula is C35H64N6O7S3. The van der Waals surface area contributed by atoms with Crippen molar-refractivity contribution < 1.29 is 33.5 Å². The molecule has 4 rings (SSSR count). The fraction of sp³-hybridized carbons (Fsp3) is 0.829. The summed E-state index contributed by atoms with van der Waals surface area (Å²) < 4.78 is 9.65. The first kappa shape index (κ1) is 45.3. The van der Waals surface area contributed by atoms with Crippen LogP contribution in [-0.2, 0) is 23.9 Å². The van der Waals surface area contributed by atoms with E-state index in [1.54, 1.807) is 20.3 Å². The molecule has 0 bridgehead atoms. The van der Waals surface area contributed by atoms with Crippen molar-refractivity contribution in [3.63, 3.8) is 0 Å². The maximum absolute atomic E-state index is 12.3. The summed E-state index contributed by atoms with van der Waals surface area (Å²) in [5, 5.41) is 12.8. The molecule has 4 saturated heterocycles. The number of methoxy groups -OCH3 is 2. The van der Waals surface area contributed by atoms with E-state index in [4.69, 9.17) is 4.74 Å². The van der Waals surface area contributed by atoms with Gasteiger partial charge in [-0.3, -0.25) is 9.59 Å². The number of urea groups is 2. The van der Waals surface area contributed by atoms with Crippen molar-refractivity contribution in [1.82, 2.24) is 31.1 Å². The van der Waals surface area contributed by atoms with Crippen molar-refractivity contribution in [3.8, 4) is 0 Å². The molecule has 0 aromatic carbocycles. The van der Waals surface area contributed by atoms with E-state index in [9.17, 15) is 19.2 Å². The van der Waals surface area contributed by atoms with Crippen LogP contribution in [0.15, 0.2) is 12.7 Å². The molecule has 0 aromatic heterocycles. The molecule has 51 heavy (non-hydrogen) atoms. The molecule has 4 heterocycles. The Morgan fingerprint density at radius 2 is 1.47 bits per heavy atom. The van der Waals surface area contributed by atoms with E-state index in [0.717, 1.165) is 76.0 Å². The van der Waals surface area contributed by atoms with Crippen molar-refractivity contribution in [2.24, 2.45) is 5.92 Å². The summed E-state index contributed by atoms with van der Waals surface area (Å²) >= 11 is 7.41. The smallest absolute Gasteiger partial charge is 0.325 e. The van der Waals surface area contributed by atoms with Gasteiger partial charge in [0.15, 0.2) is 0 Å². The summed E-state index contributed by atoms with van der Waals surface area (Å²) in [5.74, 6) is 2.61. The lowest BCUT2D eigenvalue weighted by molar-refractivity contribution is -0.146. The zero-order chi connectivity index (χ0) is 37.4. The van der Waals surface area contributed by atoms with Crippen LogP contribution in [-0.4, -0.2) is 116 Å². The fourth-order valence-electron chi connectivity index (χ4n) is 6.53. The van der Waals surface area contributed by atoms with Gasteiger partial charge >= 0.3 is 18.0 Å². The van der Waals surface area contributed by atoms with Crippen molar-refractivity contribution in [1.29, 1.82) is 0 Å². The summed E-state index contributed by atoms with van der Waals surface area (Å²) in [6.45, 7) is 8.09. The molecule has 4 aliphatic rings. The van der Waals surface area contributed by atoms with E-state index in [-0.39, 0.29) is 48.1 Å². The van der Waals surface area contributed by atoms with Crippen LogP contribution in [0.5, 0.6) is 0 Å². The number of amides is 5. The third-order valence-corrected chi connectivity index (χ3v) is 12.6. The standard InChI is InChI=1S/C21H39N3O3S.C10H17N3O3S2.C4H8O/c1-16(9-5-4-8-14-27-3)12-13-24(2)19(25)11-7-6-10-18-20-17(15-28-18)22-21(26)23-20;14-8(16-13-17)4-2-1-3-7-9-6(5-18-7)11-10(15)12-9;1-3-4-5-2/h16-18,20H,4-15H2,1-3H3,(H2,22,23,26);6-7,9,13,17H,1-5H2,(H2,11,12,15);3H,1,4H2,2H3. The van der Waals surface area contributed by atoms with Crippen LogP contribution in [0.2, 0.25) is 0 Å². The molecule has 0 saturated carbocycles. The van der Waals surface area contributed by atoms with Gasteiger partial charge in [-0.15, -0.1) is 6.58 Å². The molecular weight excluding hydrogens is 713 g/mol. The zero-order valence-electron chi connectivity index (χ0n) is 31.1. The number of unbranched alkanes of at least 4 members (excludes halogenated alkanes) is 4. The van der Waals surface area contributed by atoms with Crippen LogP contribution in [0.4, 0.5) is 9.59 Å². The lowest BCUT2D eigenvalue weighted by atomic mass is 9.99. The Labute approximate surface area is 319 Å². The Kier molecular flexibility index (Phi) is 23.8. The van der Waals surface area contributed by atoms with Crippen molar-refractivity contribution in [2.45, 2.75) is 125 Å². The molecule has 0 spiro atoms. The zero-order valence-corrected chi connectivity index (χ0v) is 33.6. The maximum atomic E-state index is 12.3. The molecule has 16 heteroatoms. The van der Waals surface area contributed by atoms with Gasteiger partial charge in [0.25, 0.3) is 0 Å². The number of carbonyl (C=O) groups excluding carboxylic acids is 4. The number of rotatable bonds is 22. The first-order chi connectivity index (χ1) is 24.6. The molecule has 13 nitrogen and oxygen atoms in total. The predicted molar refractivity (Wildman–Crippen MR) is 210 cm³/mol. The molecule has 4 aliphatic heterocycles. The lowest BCUT2D eigenvalue weighted by Crippen LogP contribution is -2.36. The van der Waals surface area contributed by atoms with Crippen molar-refractivity contribution >= 4 is 60.3 Å². The minimum absolute atomic E-state index is 0.0266. The minimum Gasteiger partial charge on any atom is -0.385 e. The first-order valence-electron chi connectivity index (χ1n) is 18.4. The molecule has 5 N–H and O–H groups in total. The number of hydrogen-bond acceptors (Lipinski definition) is 11. The van der Waals surface area contributed by atoms with Gasteiger partial charge in [-0.2, -0.15) is 23.5 Å². The Balaban J connectivity index is 0.000000333. The maximum Gasteiger partial charge on any atom is 0.325 e. The summed E-state index contributed by atoms with van der Waals surface area (Å²) in [7, 11) is 5.33. The Bertz CT molecular complexity index is 1050. The van der Waals surface area contributed by atoms with E-state index in [0.29, 0.717) is 35.9 Å². The molecule has 7 unspecified atom stereocenters. The number of hydrogen-bond donors (Lipinski definition) is 6. The number of nitrogens with one attached hydrogen (secondary N) is 5. The van der Waals surface area contributed by atoms with E-state index in [1.165, 1.54) is 19.3 Å². The highest BCUT2D eigenvalue weighted by atomic mass is 32.2. The van der Waals surface area contributed by atoms with Gasteiger partial charge in [0.1, 0.15) is 0 Å². The van der Waals surface area contributed by atoms with Crippen molar-refractivity contribution in [3.05, 3.63) is 12.7 Å². The largest absolute Gasteiger partial charge is 0.385 e. The quantitative estimate of drug-likeness (QED) is 0.0296. The van der Waals surface area contributed by atoms with Gasteiger partial charge in [-0.1, -0.05) is 62.8 Å². The molecule has 5 amide bonds. The molecule has 0 radical (unpaired) electrons. The van der Waals surface area contributed by atoms with Gasteiger partial charge in [-0.25, -0.2) is 9.59 Å².